The Labute approximate surface area is 178 Å². The Morgan fingerprint density at radius 2 is 1.70 bits per heavy atom. The molecule has 1 aromatic heterocycles. The molecule has 2 aromatic rings. The number of hydrogen-bond donors (Lipinski definition) is 3. The van der Waals surface area contributed by atoms with E-state index in [-0.39, 0.29) is 36.4 Å². The molecule has 0 aliphatic rings. The van der Waals surface area contributed by atoms with Gasteiger partial charge in [-0.25, -0.2) is 4.99 Å². The molecular formula is C20H28IN5O. The highest BCUT2D eigenvalue weighted by atomic mass is 127. The predicted octanol–water partition coefficient (Wildman–Crippen LogP) is 2.16. The molecule has 0 unspecified atom stereocenters. The SMILES string of the molecule is CCNC(=NCC(=O)NCCc1ccccc1)NCCc1ccccn1.I. The first-order valence-corrected chi connectivity index (χ1v) is 9.00. The standard InChI is InChI=1S/C20H27N5O.HI/c1-2-21-20(24-15-12-18-10-6-7-13-22-18)25-16-19(26)23-14-11-17-8-4-3-5-9-17;/h3-10,13H,2,11-12,14-16H2,1H3,(H,23,26)(H2,21,24,25);1H. The summed E-state index contributed by atoms with van der Waals surface area (Å²) in [5.74, 6) is 0.560. The number of benzene rings is 1. The summed E-state index contributed by atoms with van der Waals surface area (Å²) >= 11 is 0. The maximum absolute atomic E-state index is 12.0. The first-order chi connectivity index (χ1) is 12.8. The van der Waals surface area contributed by atoms with Gasteiger partial charge in [0.05, 0.1) is 0 Å². The van der Waals surface area contributed by atoms with E-state index >= 15 is 0 Å². The van der Waals surface area contributed by atoms with E-state index in [1.807, 2.05) is 43.3 Å². The average Bonchev–Trinajstić information content (AvgIpc) is 2.68. The number of rotatable bonds is 9. The van der Waals surface area contributed by atoms with Gasteiger partial charge in [0, 0.05) is 37.9 Å². The highest BCUT2D eigenvalue weighted by Gasteiger charge is 2.02. The molecule has 6 nitrogen and oxygen atoms in total. The average molecular weight is 481 g/mol. The van der Waals surface area contributed by atoms with Crippen molar-refractivity contribution in [3.05, 3.63) is 66.0 Å². The molecule has 0 fully saturated rings. The van der Waals surface area contributed by atoms with Crippen molar-refractivity contribution in [2.75, 3.05) is 26.2 Å². The van der Waals surface area contributed by atoms with E-state index in [9.17, 15) is 4.79 Å². The molecule has 27 heavy (non-hydrogen) atoms. The Bertz CT molecular complexity index is 679. The van der Waals surface area contributed by atoms with Gasteiger partial charge in [0.2, 0.25) is 5.91 Å². The number of aliphatic imine (C=N–C) groups is 1. The van der Waals surface area contributed by atoms with Crippen molar-refractivity contribution >= 4 is 35.8 Å². The van der Waals surface area contributed by atoms with Crippen molar-refractivity contribution in [1.82, 2.24) is 20.9 Å². The molecule has 0 saturated carbocycles. The number of aromatic nitrogens is 1. The van der Waals surface area contributed by atoms with Crippen LogP contribution in [0.4, 0.5) is 0 Å². The van der Waals surface area contributed by atoms with Gasteiger partial charge in [0.1, 0.15) is 6.54 Å². The van der Waals surface area contributed by atoms with Gasteiger partial charge in [-0.3, -0.25) is 9.78 Å². The van der Waals surface area contributed by atoms with Crippen molar-refractivity contribution in [2.24, 2.45) is 4.99 Å². The van der Waals surface area contributed by atoms with Crippen LogP contribution in [0.15, 0.2) is 59.7 Å². The van der Waals surface area contributed by atoms with Crippen LogP contribution < -0.4 is 16.0 Å². The Balaban J connectivity index is 0.00000364. The first-order valence-electron chi connectivity index (χ1n) is 9.00. The van der Waals surface area contributed by atoms with Crippen LogP contribution in [0.3, 0.4) is 0 Å². The van der Waals surface area contributed by atoms with Gasteiger partial charge in [0.15, 0.2) is 5.96 Å². The number of nitrogens with one attached hydrogen (secondary N) is 3. The van der Waals surface area contributed by atoms with Gasteiger partial charge in [-0.2, -0.15) is 0 Å². The molecule has 1 aromatic carbocycles. The quantitative estimate of drug-likeness (QED) is 0.292. The molecular weight excluding hydrogens is 453 g/mol. The summed E-state index contributed by atoms with van der Waals surface area (Å²) in [7, 11) is 0. The fraction of sp³-hybridized carbons (Fsp3) is 0.350. The molecule has 7 heteroatoms. The Hall–Kier alpha value is -2.16. The molecule has 146 valence electrons. The van der Waals surface area contributed by atoms with Crippen molar-refractivity contribution < 1.29 is 4.79 Å². The lowest BCUT2D eigenvalue weighted by molar-refractivity contribution is -0.119. The van der Waals surface area contributed by atoms with E-state index < -0.39 is 0 Å². The van der Waals surface area contributed by atoms with E-state index in [4.69, 9.17) is 0 Å². The Kier molecular flexibility index (Phi) is 11.8. The summed E-state index contributed by atoms with van der Waals surface area (Å²) in [6, 6.07) is 16.0. The zero-order valence-electron chi connectivity index (χ0n) is 15.6. The Morgan fingerprint density at radius 1 is 0.963 bits per heavy atom. The van der Waals surface area contributed by atoms with Gasteiger partial charge < -0.3 is 16.0 Å². The van der Waals surface area contributed by atoms with Crippen LogP contribution in [0, 0.1) is 0 Å². The highest BCUT2D eigenvalue weighted by molar-refractivity contribution is 14.0. The monoisotopic (exact) mass is 481 g/mol. The van der Waals surface area contributed by atoms with Crippen LogP contribution in [-0.4, -0.2) is 43.0 Å². The lowest BCUT2D eigenvalue weighted by Crippen LogP contribution is -2.39. The van der Waals surface area contributed by atoms with Crippen LogP contribution in [0.2, 0.25) is 0 Å². The fourth-order valence-corrected chi connectivity index (χ4v) is 2.39. The maximum Gasteiger partial charge on any atom is 0.241 e. The predicted molar refractivity (Wildman–Crippen MR) is 120 cm³/mol. The molecule has 0 aliphatic carbocycles. The number of guanidine groups is 1. The smallest absolute Gasteiger partial charge is 0.241 e. The lowest BCUT2D eigenvalue weighted by Gasteiger charge is -2.11. The topological polar surface area (TPSA) is 78.4 Å². The number of carbonyl (C=O) groups is 1. The van der Waals surface area contributed by atoms with Crippen LogP contribution in [0.5, 0.6) is 0 Å². The summed E-state index contributed by atoms with van der Waals surface area (Å²) in [5.41, 5.74) is 2.23. The zero-order chi connectivity index (χ0) is 18.5. The minimum absolute atomic E-state index is 0. The van der Waals surface area contributed by atoms with Crippen LogP contribution in [0.25, 0.3) is 0 Å². The number of pyridine rings is 1. The molecule has 1 heterocycles. The molecule has 0 spiro atoms. The normalized spacial score (nSPS) is 10.6. The van der Waals surface area contributed by atoms with Gasteiger partial charge in [-0.05, 0) is 31.0 Å². The molecule has 0 saturated heterocycles. The largest absolute Gasteiger partial charge is 0.357 e. The zero-order valence-corrected chi connectivity index (χ0v) is 18.0. The number of halogens is 1. The third kappa shape index (κ3) is 9.93. The van der Waals surface area contributed by atoms with E-state index in [1.54, 1.807) is 6.20 Å². The summed E-state index contributed by atoms with van der Waals surface area (Å²) < 4.78 is 0. The molecule has 0 aliphatic heterocycles. The third-order valence-electron chi connectivity index (χ3n) is 3.70. The number of amides is 1. The minimum atomic E-state index is -0.0807. The van der Waals surface area contributed by atoms with Crippen molar-refractivity contribution in [3.63, 3.8) is 0 Å². The Morgan fingerprint density at radius 3 is 2.41 bits per heavy atom. The van der Waals surface area contributed by atoms with Gasteiger partial charge in [-0.1, -0.05) is 36.4 Å². The summed E-state index contributed by atoms with van der Waals surface area (Å²) in [4.78, 5) is 20.6. The second-order valence-electron chi connectivity index (χ2n) is 5.78. The van der Waals surface area contributed by atoms with Crippen LogP contribution in [0.1, 0.15) is 18.2 Å². The second kappa shape index (κ2) is 14.0. The van der Waals surface area contributed by atoms with Crippen LogP contribution >= 0.6 is 24.0 Å². The minimum Gasteiger partial charge on any atom is -0.357 e. The van der Waals surface area contributed by atoms with Gasteiger partial charge >= 0.3 is 0 Å². The molecule has 1 amide bonds. The van der Waals surface area contributed by atoms with E-state index in [2.05, 4.69) is 38.1 Å². The summed E-state index contributed by atoms with van der Waals surface area (Å²) in [6.45, 7) is 4.16. The van der Waals surface area contributed by atoms with Crippen LogP contribution in [-0.2, 0) is 17.6 Å². The van der Waals surface area contributed by atoms with E-state index in [0.717, 1.165) is 25.1 Å². The van der Waals surface area contributed by atoms with Gasteiger partial charge in [-0.15, -0.1) is 24.0 Å². The molecule has 0 atom stereocenters. The first kappa shape index (κ1) is 22.9. The molecule has 0 radical (unpaired) electrons. The van der Waals surface area contributed by atoms with Crippen molar-refractivity contribution in [3.8, 4) is 0 Å². The van der Waals surface area contributed by atoms with Gasteiger partial charge in [0.25, 0.3) is 0 Å². The maximum atomic E-state index is 12.0. The fourth-order valence-electron chi connectivity index (χ4n) is 2.39. The number of hydrogen-bond acceptors (Lipinski definition) is 3. The van der Waals surface area contributed by atoms with E-state index in [1.165, 1.54) is 5.56 Å². The van der Waals surface area contributed by atoms with Crippen molar-refractivity contribution in [1.29, 1.82) is 0 Å². The number of carbonyl (C=O) groups excluding carboxylic acids is 1. The lowest BCUT2D eigenvalue weighted by atomic mass is 10.1. The third-order valence-corrected chi connectivity index (χ3v) is 3.70. The molecule has 0 bridgehead atoms. The second-order valence-corrected chi connectivity index (χ2v) is 5.78. The molecule has 3 N–H and O–H groups in total. The van der Waals surface area contributed by atoms with Crippen molar-refractivity contribution in [2.45, 2.75) is 19.8 Å². The summed E-state index contributed by atoms with van der Waals surface area (Å²) in [5, 5.41) is 9.27. The van der Waals surface area contributed by atoms with E-state index in [0.29, 0.717) is 19.0 Å². The molecule has 2 rings (SSSR count). The summed E-state index contributed by atoms with van der Waals surface area (Å²) in [6.07, 6.45) is 3.40. The number of nitrogens with zero attached hydrogens (tertiary/aromatic N) is 2. The highest BCUT2D eigenvalue weighted by Crippen LogP contribution is 1.98.